The molecule has 1 amide bonds. The number of nitrogens with two attached hydrogens (primary N) is 1. The third kappa shape index (κ3) is 3.86. The molecule has 5 heteroatoms. The second-order valence-electron chi connectivity index (χ2n) is 5.99. The molecule has 2 N–H and O–H groups in total. The maximum absolute atomic E-state index is 11.3. The zero-order valence-corrected chi connectivity index (χ0v) is 13.2. The summed E-state index contributed by atoms with van der Waals surface area (Å²) in [7, 11) is 0. The van der Waals surface area contributed by atoms with Crippen LogP contribution < -0.4 is 10.6 Å². The Morgan fingerprint density at radius 2 is 2.09 bits per heavy atom. The molecule has 0 spiro atoms. The van der Waals surface area contributed by atoms with Crippen molar-refractivity contribution in [3.63, 3.8) is 0 Å². The van der Waals surface area contributed by atoms with Gasteiger partial charge in [0.05, 0.1) is 12.4 Å². The zero-order chi connectivity index (χ0) is 16.1. The molecule has 3 rings (SSSR count). The van der Waals surface area contributed by atoms with Gasteiger partial charge in [-0.05, 0) is 37.7 Å². The fraction of sp³-hybridized carbons (Fsp3) is 0.389. The molecule has 1 aliphatic rings. The van der Waals surface area contributed by atoms with E-state index in [1.807, 2.05) is 6.07 Å². The van der Waals surface area contributed by atoms with Crippen LogP contribution in [0, 0.1) is 0 Å². The summed E-state index contributed by atoms with van der Waals surface area (Å²) in [6.07, 6.45) is 8.83. The lowest BCUT2D eigenvalue weighted by Crippen LogP contribution is -2.30. The fourth-order valence-corrected chi connectivity index (χ4v) is 3.24. The van der Waals surface area contributed by atoms with Gasteiger partial charge in [0.25, 0.3) is 5.91 Å². The van der Waals surface area contributed by atoms with E-state index in [0.717, 1.165) is 44.5 Å². The monoisotopic (exact) mass is 310 g/mol. The highest BCUT2D eigenvalue weighted by atomic mass is 16.1. The Balaban J connectivity index is 1.61. The van der Waals surface area contributed by atoms with E-state index in [-0.39, 0.29) is 5.69 Å². The Hall–Kier alpha value is -2.43. The van der Waals surface area contributed by atoms with E-state index >= 15 is 0 Å². The summed E-state index contributed by atoms with van der Waals surface area (Å²) in [5, 5.41) is 0. The number of nitrogens with zero attached hydrogens (tertiary/aromatic N) is 3. The van der Waals surface area contributed by atoms with Crippen LogP contribution in [-0.4, -0.2) is 28.5 Å². The highest BCUT2D eigenvalue weighted by Crippen LogP contribution is 2.26. The van der Waals surface area contributed by atoms with E-state index in [1.165, 1.54) is 11.8 Å². The minimum absolute atomic E-state index is 0.234. The zero-order valence-electron chi connectivity index (χ0n) is 13.2. The van der Waals surface area contributed by atoms with Gasteiger partial charge in [-0.3, -0.25) is 9.78 Å². The number of carbonyl (C=O) groups is 1. The van der Waals surface area contributed by atoms with Crippen LogP contribution in [0.3, 0.4) is 0 Å². The highest BCUT2D eigenvalue weighted by Gasteiger charge is 2.25. The van der Waals surface area contributed by atoms with Gasteiger partial charge in [0.2, 0.25) is 0 Å². The number of primary amides is 1. The van der Waals surface area contributed by atoms with Crippen molar-refractivity contribution in [2.24, 2.45) is 5.73 Å². The summed E-state index contributed by atoms with van der Waals surface area (Å²) in [5.74, 6) is 0.239. The van der Waals surface area contributed by atoms with Crippen LogP contribution in [0.15, 0.2) is 42.7 Å². The number of rotatable bonds is 6. The number of hydrogen-bond donors (Lipinski definition) is 1. The molecule has 5 nitrogen and oxygen atoms in total. The van der Waals surface area contributed by atoms with Gasteiger partial charge >= 0.3 is 0 Å². The average Bonchev–Trinajstić information content (AvgIpc) is 3.04. The summed E-state index contributed by atoms with van der Waals surface area (Å²) < 4.78 is 0. The fourth-order valence-electron chi connectivity index (χ4n) is 3.24. The van der Waals surface area contributed by atoms with Crippen LogP contribution in [0.25, 0.3) is 0 Å². The minimum atomic E-state index is -0.529. The molecule has 23 heavy (non-hydrogen) atoms. The van der Waals surface area contributed by atoms with Gasteiger partial charge in [0.15, 0.2) is 0 Å². The standard InChI is InChI=1S/C18H22N4O/c19-18(23)16-12-20-13-17(21-16)22-11-5-10-15(22)9-4-8-14-6-2-1-3-7-14/h1-3,6-7,12-13,15H,4-5,8-11H2,(H2,19,23). The Labute approximate surface area is 136 Å². The first-order valence-corrected chi connectivity index (χ1v) is 8.16. The predicted molar refractivity (Wildman–Crippen MR) is 90.3 cm³/mol. The molecule has 0 bridgehead atoms. The maximum atomic E-state index is 11.3. The number of aromatic nitrogens is 2. The first kappa shape index (κ1) is 15.5. The smallest absolute Gasteiger partial charge is 0.268 e. The van der Waals surface area contributed by atoms with Gasteiger partial charge in [0, 0.05) is 12.6 Å². The summed E-state index contributed by atoms with van der Waals surface area (Å²) >= 11 is 0. The Morgan fingerprint density at radius 3 is 2.87 bits per heavy atom. The van der Waals surface area contributed by atoms with E-state index in [9.17, 15) is 4.79 Å². The second-order valence-corrected chi connectivity index (χ2v) is 5.99. The first-order valence-electron chi connectivity index (χ1n) is 8.16. The number of anilines is 1. The van der Waals surface area contributed by atoms with E-state index < -0.39 is 5.91 Å². The first-order chi connectivity index (χ1) is 11.2. The SMILES string of the molecule is NC(=O)c1cncc(N2CCCC2CCCc2ccccc2)n1. The Kier molecular flexibility index (Phi) is 4.86. The molecule has 1 unspecified atom stereocenters. The Morgan fingerprint density at radius 1 is 1.26 bits per heavy atom. The Bertz CT molecular complexity index is 659. The van der Waals surface area contributed by atoms with E-state index in [1.54, 1.807) is 6.20 Å². The predicted octanol–water partition coefficient (Wildman–Crippen LogP) is 2.57. The van der Waals surface area contributed by atoms with Crippen LogP contribution in [0.4, 0.5) is 5.82 Å². The van der Waals surface area contributed by atoms with Crippen LogP contribution in [0.2, 0.25) is 0 Å². The average molecular weight is 310 g/mol. The molecule has 0 aliphatic carbocycles. The van der Waals surface area contributed by atoms with Gasteiger partial charge in [-0.15, -0.1) is 0 Å². The molecule has 120 valence electrons. The molecular formula is C18H22N4O. The molecule has 0 saturated carbocycles. The summed E-state index contributed by atoms with van der Waals surface area (Å²) in [6, 6.07) is 11.0. The van der Waals surface area contributed by atoms with Crippen LogP contribution >= 0.6 is 0 Å². The number of carbonyl (C=O) groups excluding carboxylic acids is 1. The van der Waals surface area contributed by atoms with Crippen LogP contribution in [-0.2, 0) is 6.42 Å². The molecule has 1 aromatic carbocycles. The quantitative estimate of drug-likeness (QED) is 0.890. The largest absolute Gasteiger partial charge is 0.364 e. The molecular weight excluding hydrogens is 288 g/mol. The van der Waals surface area contributed by atoms with Crippen molar-refractivity contribution in [3.8, 4) is 0 Å². The van der Waals surface area contributed by atoms with Crippen LogP contribution in [0.5, 0.6) is 0 Å². The minimum Gasteiger partial charge on any atom is -0.364 e. The van der Waals surface area contributed by atoms with Gasteiger partial charge in [-0.25, -0.2) is 4.98 Å². The lowest BCUT2D eigenvalue weighted by Gasteiger charge is -2.25. The number of amides is 1. The van der Waals surface area contributed by atoms with Crippen molar-refractivity contribution in [2.75, 3.05) is 11.4 Å². The van der Waals surface area contributed by atoms with Crippen molar-refractivity contribution in [2.45, 2.75) is 38.1 Å². The number of benzene rings is 1. The molecule has 2 heterocycles. The summed E-state index contributed by atoms with van der Waals surface area (Å²) in [5.41, 5.74) is 6.92. The summed E-state index contributed by atoms with van der Waals surface area (Å²) in [4.78, 5) is 22.0. The molecule has 2 aromatic rings. The third-order valence-electron chi connectivity index (χ3n) is 4.39. The lowest BCUT2D eigenvalue weighted by atomic mass is 10.0. The topological polar surface area (TPSA) is 72.1 Å². The van der Waals surface area contributed by atoms with Crippen molar-refractivity contribution >= 4 is 11.7 Å². The molecule has 1 aliphatic heterocycles. The summed E-state index contributed by atoms with van der Waals surface area (Å²) in [6.45, 7) is 0.965. The molecule has 1 saturated heterocycles. The van der Waals surface area contributed by atoms with Gasteiger partial charge in [-0.2, -0.15) is 0 Å². The molecule has 1 aromatic heterocycles. The van der Waals surface area contributed by atoms with E-state index in [2.05, 4.69) is 39.1 Å². The van der Waals surface area contributed by atoms with Gasteiger partial charge in [0.1, 0.15) is 11.5 Å². The molecule has 1 fully saturated rings. The lowest BCUT2D eigenvalue weighted by molar-refractivity contribution is 0.0995. The number of aryl methyl sites for hydroxylation is 1. The van der Waals surface area contributed by atoms with Crippen molar-refractivity contribution in [1.82, 2.24) is 9.97 Å². The van der Waals surface area contributed by atoms with E-state index in [0.29, 0.717) is 6.04 Å². The third-order valence-corrected chi connectivity index (χ3v) is 4.39. The number of hydrogen-bond acceptors (Lipinski definition) is 4. The molecule has 0 radical (unpaired) electrons. The van der Waals surface area contributed by atoms with Gasteiger partial charge < -0.3 is 10.6 Å². The highest BCUT2D eigenvalue weighted by molar-refractivity contribution is 5.90. The van der Waals surface area contributed by atoms with Gasteiger partial charge in [-0.1, -0.05) is 30.3 Å². The van der Waals surface area contributed by atoms with Crippen molar-refractivity contribution in [3.05, 3.63) is 54.0 Å². The second kappa shape index (κ2) is 7.22. The van der Waals surface area contributed by atoms with Crippen molar-refractivity contribution < 1.29 is 4.79 Å². The van der Waals surface area contributed by atoms with Crippen molar-refractivity contribution in [1.29, 1.82) is 0 Å². The maximum Gasteiger partial charge on any atom is 0.268 e. The van der Waals surface area contributed by atoms with Crippen LogP contribution in [0.1, 0.15) is 41.7 Å². The van der Waals surface area contributed by atoms with E-state index in [4.69, 9.17) is 5.73 Å². The normalized spacial score (nSPS) is 17.4. The molecule has 1 atom stereocenters.